The van der Waals surface area contributed by atoms with Gasteiger partial charge < -0.3 is 20.9 Å². The van der Waals surface area contributed by atoms with Crippen molar-refractivity contribution in [3.63, 3.8) is 0 Å². The Morgan fingerprint density at radius 3 is 2.35 bits per heavy atom. The predicted molar refractivity (Wildman–Crippen MR) is 130 cm³/mol. The molecular formula is C26H28N4O7. The summed E-state index contributed by atoms with van der Waals surface area (Å²) in [7, 11) is 1.26. The number of ether oxygens (including phenoxy) is 1. The molecule has 4 rings (SSSR count). The molecule has 2 heterocycles. The van der Waals surface area contributed by atoms with Crippen LogP contribution in [0.4, 0.5) is 4.79 Å². The summed E-state index contributed by atoms with van der Waals surface area (Å²) in [6, 6.07) is 13.7. The summed E-state index contributed by atoms with van der Waals surface area (Å²) in [5, 5.41) is 15.9. The molecule has 0 spiro atoms. The normalized spacial score (nSPS) is 24.6. The van der Waals surface area contributed by atoms with E-state index < -0.39 is 53.2 Å². The van der Waals surface area contributed by atoms with Gasteiger partial charge >= 0.3 is 18.0 Å². The number of hydrogen-bond donors (Lipinski definition) is 4. The van der Waals surface area contributed by atoms with Gasteiger partial charge in [0.05, 0.1) is 31.1 Å². The number of methoxy groups -OCH3 is 1. The maximum atomic E-state index is 13.7. The van der Waals surface area contributed by atoms with Gasteiger partial charge in [-0.1, -0.05) is 42.5 Å². The first kappa shape index (κ1) is 25.8. The zero-order chi connectivity index (χ0) is 26.7. The van der Waals surface area contributed by atoms with E-state index >= 15 is 0 Å². The summed E-state index contributed by atoms with van der Waals surface area (Å²) in [6.07, 6.45) is 0.179. The molecule has 2 fully saturated rings. The molecule has 0 aliphatic carbocycles. The smallest absolute Gasteiger partial charge is 0.337 e. The molecule has 0 saturated carbocycles. The highest BCUT2D eigenvalue weighted by Gasteiger charge is 2.68. The molecule has 2 aliphatic heterocycles. The van der Waals surface area contributed by atoms with Crippen molar-refractivity contribution in [3.8, 4) is 0 Å². The third kappa shape index (κ3) is 4.77. The minimum Gasteiger partial charge on any atom is -0.480 e. The summed E-state index contributed by atoms with van der Waals surface area (Å²) in [5.41, 5.74) is 4.95. The number of benzene rings is 2. The highest BCUT2D eigenvalue weighted by molar-refractivity contribution is 6.09. The predicted octanol–water partition coefficient (Wildman–Crippen LogP) is 1.19. The van der Waals surface area contributed by atoms with Gasteiger partial charge in [-0.05, 0) is 36.1 Å². The van der Waals surface area contributed by atoms with Gasteiger partial charge in [0.15, 0.2) is 0 Å². The van der Waals surface area contributed by atoms with E-state index in [1.807, 2.05) is 6.07 Å². The monoisotopic (exact) mass is 508 g/mol. The van der Waals surface area contributed by atoms with E-state index in [-0.39, 0.29) is 25.9 Å². The van der Waals surface area contributed by atoms with Gasteiger partial charge in [-0.2, -0.15) is 0 Å². The third-order valence-electron chi connectivity index (χ3n) is 7.05. The number of nitrogens with two attached hydrogens (primary N) is 1. The minimum atomic E-state index is -1.76. The number of hydrogen-bond acceptors (Lipinski definition) is 7. The average molecular weight is 509 g/mol. The number of amides is 4. The molecule has 0 radical (unpaired) electrons. The largest absolute Gasteiger partial charge is 0.480 e. The number of carboxylic acids is 1. The fraction of sp³-hybridized carbons (Fsp3) is 0.346. The number of nitrogens with zero attached hydrogens (tertiary/aromatic N) is 1. The molecule has 4 amide bonds. The molecule has 0 aromatic heterocycles. The van der Waals surface area contributed by atoms with E-state index in [1.54, 1.807) is 36.4 Å². The number of nitrogens with one attached hydrogen (secondary N) is 2. The lowest BCUT2D eigenvalue weighted by atomic mass is 9.77. The van der Waals surface area contributed by atoms with Crippen LogP contribution in [0.5, 0.6) is 0 Å². The van der Waals surface area contributed by atoms with Crippen molar-refractivity contribution in [2.24, 2.45) is 17.6 Å². The summed E-state index contributed by atoms with van der Waals surface area (Å²) >= 11 is 0. The van der Waals surface area contributed by atoms with Crippen LogP contribution >= 0.6 is 0 Å². The number of carboxylic acid groups (broad SMARTS) is 1. The Morgan fingerprint density at radius 1 is 1.08 bits per heavy atom. The second-order valence-electron chi connectivity index (χ2n) is 9.16. The Hall–Kier alpha value is -4.25. The lowest BCUT2D eigenvalue weighted by Gasteiger charge is -2.31. The number of carbonyl (C=O) groups is 5. The molecule has 2 aromatic rings. The lowest BCUT2D eigenvalue weighted by molar-refractivity contribution is -0.152. The van der Waals surface area contributed by atoms with Gasteiger partial charge in [-0.3, -0.25) is 24.6 Å². The Kier molecular flexibility index (Phi) is 7.25. The SMILES string of the molecule is COC(=O)c1ccc(C2NC(CCCNC(N)=O)(C(=O)O)C3C(=O)N(Cc4ccccc4)C(=O)C23)cc1. The maximum absolute atomic E-state index is 13.7. The van der Waals surface area contributed by atoms with Crippen LogP contribution in [0.2, 0.25) is 0 Å². The van der Waals surface area contributed by atoms with Crippen LogP contribution in [0.25, 0.3) is 0 Å². The van der Waals surface area contributed by atoms with Gasteiger partial charge in [0.25, 0.3) is 0 Å². The molecule has 0 bridgehead atoms. The highest BCUT2D eigenvalue weighted by Crippen LogP contribution is 2.50. The van der Waals surface area contributed by atoms with Crippen molar-refractivity contribution in [1.29, 1.82) is 0 Å². The highest BCUT2D eigenvalue weighted by atomic mass is 16.5. The summed E-state index contributed by atoms with van der Waals surface area (Å²) in [6.45, 7) is 0.135. The van der Waals surface area contributed by atoms with Gasteiger partial charge in [-0.15, -0.1) is 0 Å². The fourth-order valence-corrected chi connectivity index (χ4v) is 5.33. The van der Waals surface area contributed by atoms with Crippen molar-refractivity contribution < 1.29 is 33.8 Å². The van der Waals surface area contributed by atoms with Crippen LogP contribution in [0, 0.1) is 11.8 Å². The van der Waals surface area contributed by atoms with Crippen LogP contribution in [0.15, 0.2) is 54.6 Å². The quantitative estimate of drug-likeness (QED) is 0.222. The molecule has 4 unspecified atom stereocenters. The first-order chi connectivity index (χ1) is 17.7. The van der Waals surface area contributed by atoms with Gasteiger partial charge in [0.2, 0.25) is 11.8 Å². The topological polar surface area (TPSA) is 168 Å². The summed E-state index contributed by atoms with van der Waals surface area (Å²) in [5.74, 6) is -4.97. The van der Waals surface area contributed by atoms with E-state index in [0.29, 0.717) is 11.1 Å². The Labute approximate surface area is 213 Å². The molecule has 4 atom stereocenters. The zero-order valence-electron chi connectivity index (χ0n) is 20.2. The van der Waals surface area contributed by atoms with Crippen molar-refractivity contribution in [1.82, 2.24) is 15.5 Å². The number of aliphatic carboxylic acids is 1. The van der Waals surface area contributed by atoms with E-state index in [4.69, 9.17) is 10.5 Å². The Bertz CT molecular complexity index is 1220. The molecule has 2 aliphatic rings. The van der Waals surface area contributed by atoms with Crippen molar-refractivity contribution in [3.05, 3.63) is 71.3 Å². The molecular weight excluding hydrogens is 480 g/mol. The Morgan fingerprint density at radius 2 is 1.76 bits per heavy atom. The van der Waals surface area contributed by atoms with Crippen LogP contribution < -0.4 is 16.4 Å². The molecule has 37 heavy (non-hydrogen) atoms. The number of esters is 1. The van der Waals surface area contributed by atoms with Crippen LogP contribution in [-0.2, 0) is 25.7 Å². The van der Waals surface area contributed by atoms with Crippen molar-refractivity contribution in [2.45, 2.75) is 31.0 Å². The van der Waals surface area contributed by atoms with Gasteiger partial charge in [0, 0.05) is 12.6 Å². The number of primary amides is 1. The molecule has 194 valence electrons. The molecule has 5 N–H and O–H groups in total. The number of rotatable bonds is 9. The van der Waals surface area contributed by atoms with E-state index in [2.05, 4.69) is 10.6 Å². The first-order valence-electron chi connectivity index (χ1n) is 11.8. The number of imide groups is 1. The molecule has 11 nitrogen and oxygen atoms in total. The zero-order valence-corrected chi connectivity index (χ0v) is 20.2. The number of urea groups is 1. The van der Waals surface area contributed by atoms with Crippen molar-refractivity contribution >= 4 is 29.8 Å². The summed E-state index contributed by atoms with van der Waals surface area (Å²) in [4.78, 5) is 64.2. The second-order valence-corrected chi connectivity index (χ2v) is 9.16. The minimum absolute atomic E-state index is 0.0262. The molecule has 11 heteroatoms. The maximum Gasteiger partial charge on any atom is 0.337 e. The van der Waals surface area contributed by atoms with E-state index in [1.165, 1.54) is 19.2 Å². The van der Waals surface area contributed by atoms with Gasteiger partial charge in [-0.25, -0.2) is 9.59 Å². The van der Waals surface area contributed by atoms with E-state index in [9.17, 15) is 29.1 Å². The third-order valence-corrected chi connectivity index (χ3v) is 7.05. The number of fused-ring (bicyclic) bond motifs is 1. The fourth-order valence-electron chi connectivity index (χ4n) is 5.33. The van der Waals surface area contributed by atoms with Crippen molar-refractivity contribution in [2.75, 3.05) is 13.7 Å². The Balaban J connectivity index is 1.72. The van der Waals surface area contributed by atoms with Crippen LogP contribution in [0.3, 0.4) is 0 Å². The average Bonchev–Trinajstić information content (AvgIpc) is 3.37. The van der Waals surface area contributed by atoms with E-state index in [0.717, 1.165) is 10.5 Å². The van der Waals surface area contributed by atoms with Crippen LogP contribution in [0.1, 0.15) is 40.4 Å². The number of likely N-dealkylation sites (tertiary alicyclic amines) is 1. The number of carbonyl (C=O) groups excluding carboxylic acids is 4. The van der Waals surface area contributed by atoms with Crippen LogP contribution in [-0.4, -0.2) is 59.0 Å². The molecule has 2 saturated heterocycles. The second kappa shape index (κ2) is 10.4. The standard InChI is InChI=1S/C26H28N4O7/c1-37-23(33)17-10-8-16(9-11-17)20-18-19(26(29-20,24(34)35)12-5-13-28-25(27)36)22(32)30(21(18)31)14-15-6-3-2-4-7-15/h2-4,6-11,18-20,29H,5,12-14H2,1H3,(H,34,35)(H3,27,28,36). The van der Waals surface area contributed by atoms with Gasteiger partial charge in [0.1, 0.15) is 5.54 Å². The summed E-state index contributed by atoms with van der Waals surface area (Å²) < 4.78 is 4.73. The lowest BCUT2D eigenvalue weighted by Crippen LogP contribution is -2.56. The first-order valence-corrected chi connectivity index (χ1v) is 11.8. The molecule has 2 aromatic carbocycles.